The molecule has 94 heavy (non-hydrogen) atoms. The number of aliphatic hydroxyl groups is 7. The predicted octanol–water partition coefficient (Wildman–Crippen LogP) is 16.1. The monoisotopic (exact) mass is 1480 g/mol. The van der Waals surface area contributed by atoms with Crippen LogP contribution in [-0.4, -0.2) is 53.0 Å². The van der Waals surface area contributed by atoms with Crippen LogP contribution >= 0.6 is 85.5 Å². The van der Waals surface area contributed by atoms with Crippen LogP contribution in [0.15, 0.2) is 148 Å². The molecule has 7 unspecified atom stereocenters. The largest absolute Gasteiger partial charge is 0.478 e. The zero-order chi connectivity index (χ0) is 69.6. The van der Waals surface area contributed by atoms with Crippen LogP contribution in [-0.2, 0) is 42.7 Å². The third-order valence-corrected chi connectivity index (χ3v) is 16.4. The van der Waals surface area contributed by atoms with Gasteiger partial charge in [0, 0.05) is 75.7 Å². The van der Waals surface area contributed by atoms with Crippen molar-refractivity contribution in [2.24, 2.45) is 0 Å². The van der Waals surface area contributed by atoms with E-state index in [1.54, 1.807) is 36.4 Å². The van der Waals surface area contributed by atoms with Gasteiger partial charge in [0.15, 0.2) is 23.3 Å². The Labute approximate surface area is 568 Å². The van der Waals surface area contributed by atoms with E-state index >= 15 is 0 Å². The maximum atomic E-state index is 13.1. The number of aromatic carboxylic acids is 1. The van der Waals surface area contributed by atoms with E-state index in [0.717, 1.165) is 43.4 Å². The summed E-state index contributed by atoms with van der Waals surface area (Å²) in [6.45, 7) is 24.9. The van der Waals surface area contributed by atoms with Crippen molar-refractivity contribution in [3.05, 3.63) is 284 Å². The summed E-state index contributed by atoms with van der Waals surface area (Å²) in [6, 6.07) is 27.9. The molecular weight excluding hydrogens is 1440 g/mol. The second kappa shape index (κ2) is 30.9. The lowest BCUT2D eigenvalue weighted by Gasteiger charge is -2.08. The molecule has 7 aromatic carbocycles. The predicted molar refractivity (Wildman–Crippen MR) is 340 cm³/mol. The zero-order valence-electron chi connectivity index (χ0n) is 47.5. The van der Waals surface area contributed by atoms with Gasteiger partial charge in [-0.15, -0.1) is 0 Å². The minimum Gasteiger partial charge on any atom is -0.478 e. The lowest BCUT2D eigenvalue weighted by atomic mass is 10.0. The maximum absolute atomic E-state index is 13.1. The highest BCUT2D eigenvalue weighted by Crippen LogP contribution is 2.51. The molecule has 7 heterocycles. The molecule has 8 N–H and O–H groups in total. The Morgan fingerprint density at radius 2 is 0.766 bits per heavy atom. The van der Waals surface area contributed by atoms with Crippen molar-refractivity contribution in [1.29, 1.82) is 0 Å². The molecular formula is C65H45BrCl6F4O18. The number of ether oxygens (including phenoxy) is 7. The fourth-order valence-electron chi connectivity index (χ4n) is 9.20. The summed E-state index contributed by atoms with van der Waals surface area (Å²) in [4.78, 5) is 26.9. The Morgan fingerprint density at radius 3 is 1.29 bits per heavy atom. The molecule has 7 aliphatic rings. The number of fused-ring (bicyclic) bond motifs is 7. The summed E-state index contributed by atoms with van der Waals surface area (Å²) in [5.74, 6) is -6.10. The number of hydrogen-bond donors (Lipinski definition) is 8. The van der Waals surface area contributed by atoms with E-state index in [-0.39, 0.29) is 37.6 Å². The molecule has 490 valence electrons. The number of aliphatic hydroxyl groups excluding tert-OH is 7. The standard InChI is InChI=1S/C10H8O4.C9H7BrO2.C9H4Cl4O2.2C9H7ClO2.C9H4F4O2.C9H8O2.CO2/c1-5-8-4-6(9(11)12)2-3-7(8)10(13)14-5;1-5-7-3-2-6(10)4-8(7)9(11)12-5;1-2-3-4(9(14)15-2)6(11)8(13)7(12)5(3)10;1-5-8-4-6(10)2-3-7(8)9(11)12-5;1-5-7-3-2-6(10)4-8(7)9(11)12-5;1-2-3-4(9(14)15-2)6(11)8(13)7(12)5(3)10;1-6-7-4-2-3-5-8(7)9(10)11-6;2-1-3/h2-4,10,13H,1H2,(H,11,12);2-4,9,11H,1H2;9,14H,1H2;2*2-4,9,11H,1H2;9,14H,1H2;2-5,9-10H,1H2;. The van der Waals surface area contributed by atoms with E-state index in [1.165, 1.54) is 18.2 Å². The second-order valence-electron chi connectivity index (χ2n) is 19.3. The van der Waals surface area contributed by atoms with Gasteiger partial charge in [-0.05, 0) is 60.7 Å². The lowest BCUT2D eigenvalue weighted by molar-refractivity contribution is -0.191. The Kier molecular flexibility index (Phi) is 24.1. The number of carboxylic acid groups (broad SMARTS) is 1. The fourth-order valence-corrected chi connectivity index (χ4v) is 11.0. The first kappa shape index (κ1) is 73.2. The van der Waals surface area contributed by atoms with Gasteiger partial charge in [0.1, 0.15) is 40.3 Å². The molecule has 0 spiro atoms. The summed E-state index contributed by atoms with van der Waals surface area (Å²) in [5.41, 5.74) is 6.93. The molecule has 0 radical (unpaired) electrons. The van der Waals surface area contributed by atoms with Crippen LogP contribution in [0, 0.1) is 23.3 Å². The van der Waals surface area contributed by atoms with Gasteiger partial charge in [-0.1, -0.05) is 168 Å². The van der Waals surface area contributed by atoms with Gasteiger partial charge >= 0.3 is 12.1 Å². The Bertz CT molecular complexity index is 4160. The van der Waals surface area contributed by atoms with Gasteiger partial charge in [-0.25, -0.2) is 22.4 Å². The molecule has 0 saturated carbocycles. The van der Waals surface area contributed by atoms with Gasteiger partial charge < -0.3 is 74.0 Å². The van der Waals surface area contributed by atoms with Crippen LogP contribution < -0.4 is 0 Å². The van der Waals surface area contributed by atoms with E-state index < -0.39 is 90.2 Å². The van der Waals surface area contributed by atoms with E-state index in [0.29, 0.717) is 66.7 Å². The number of halogens is 11. The van der Waals surface area contributed by atoms with Crippen LogP contribution in [0.2, 0.25) is 30.1 Å². The Balaban J connectivity index is 0.000000154. The second-order valence-corrected chi connectivity index (χ2v) is 22.6. The SMILES string of the molecule is C=C1OC(O)c2c(Cl)c(Cl)c(Cl)c(Cl)c21.C=C1OC(O)c2c(F)c(F)c(F)c(F)c21.C=C1OC(O)c2cc(Br)ccc21.C=C1OC(O)c2cc(Cl)ccc21.C=C1OC(O)c2ccc(C(=O)O)cc21.C=C1OC(O)c2ccc(Cl)cc21.C=C1OC(O)c2ccccc21.O=C=O. The number of carbonyl (C=O) groups excluding carboxylic acids is 2. The van der Waals surface area contributed by atoms with Crippen molar-refractivity contribution in [1.82, 2.24) is 0 Å². The summed E-state index contributed by atoms with van der Waals surface area (Å²) in [7, 11) is 0. The van der Waals surface area contributed by atoms with Gasteiger partial charge in [-0.3, -0.25) is 0 Å². The van der Waals surface area contributed by atoms with Crippen molar-refractivity contribution in [3.8, 4) is 0 Å². The van der Waals surface area contributed by atoms with E-state index in [9.17, 15) is 53.0 Å². The normalized spacial score (nSPS) is 19.3. The van der Waals surface area contributed by atoms with Crippen molar-refractivity contribution in [2.45, 2.75) is 44.0 Å². The molecule has 7 atom stereocenters. The van der Waals surface area contributed by atoms with E-state index in [2.05, 4.69) is 66.7 Å². The van der Waals surface area contributed by atoms with Crippen molar-refractivity contribution in [3.63, 3.8) is 0 Å². The first-order chi connectivity index (χ1) is 44.2. The van der Waals surface area contributed by atoms with Crippen LogP contribution in [0.4, 0.5) is 17.6 Å². The molecule has 0 bridgehead atoms. The highest BCUT2D eigenvalue weighted by molar-refractivity contribution is 9.10. The van der Waals surface area contributed by atoms with Crippen LogP contribution in [0.5, 0.6) is 0 Å². The van der Waals surface area contributed by atoms with Crippen LogP contribution in [0.25, 0.3) is 40.3 Å². The Morgan fingerprint density at radius 1 is 0.394 bits per heavy atom. The quantitative estimate of drug-likeness (QED) is 0.0431. The zero-order valence-corrected chi connectivity index (χ0v) is 53.7. The number of benzene rings is 7. The highest BCUT2D eigenvalue weighted by Gasteiger charge is 2.38. The summed E-state index contributed by atoms with van der Waals surface area (Å²) >= 11 is 38.4. The van der Waals surface area contributed by atoms with Crippen molar-refractivity contribution >= 4 is 138 Å². The van der Waals surface area contributed by atoms with Gasteiger partial charge in [0.2, 0.25) is 44.0 Å². The molecule has 0 amide bonds. The average molecular weight is 1480 g/mol. The molecule has 18 nitrogen and oxygen atoms in total. The van der Waals surface area contributed by atoms with Gasteiger partial charge in [-0.2, -0.15) is 9.59 Å². The van der Waals surface area contributed by atoms with Crippen molar-refractivity contribution < 1.29 is 106 Å². The van der Waals surface area contributed by atoms with Crippen LogP contribution in [0.1, 0.15) is 132 Å². The van der Waals surface area contributed by atoms with Crippen LogP contribution in [0.3, 0.4) is 0 Å². The molecule has 0 saturated heterocycles. The molecule has 7 aliphatic heterocycles. The maximum Gasteiger partial charge on any atom is 0.373 e. The molecule has 0 aromatic heterocycles. The molecule has 7 aromatic rings. The lowest BCUT2D eigenvalue weighted by Crippen LogP contribution is -2.05. The molecule has 0 aliphatic carbocycles. The summed E-state index contributed by atoms with van der Waals surface area (Å²) in [6.07, 6.45) is -7.32. The van der Waals surface area contributed by atoms with E-state index in [1.807, 2.05) is 42.5 Å². The molecule has 14 rings (SSSR count). The summed E-state index contributed by atoms with van der Waals surface area (Å²) < 4.78 is 87.1. The molecule has 29 heteroatoms. The number of hydrogen-bond acceptors (Lipinski definition) is 17. The fraction of sp³-hybridized carbons (Fsp3) is 0.108. The topological polar surface area (TPSA) is 278 Å². The van der Waals surface area contributed by atoms with Gasteiger partial charge in [0.05, 0.1) is 42.3 Å². The minimum absolute atomic E-state index is 0.0967. The third-order valence-electron chi connectivity index (χ3n) is 13.6. The van der Waals surface area contributed by atoms with Crippen molar-refractivity contribution in [2.75, 3.05) is 0 Å². The first-order valence-corrected chi connectivity index (χ1v) is 29.1. The first-order valence-electron chi connectivity index (χ1n) is 26.1. The molecule has 0 fully saturated rings. The van der Waals surface area contributed by atoms with Gasteiger partial charge in [0.25, 0.3) is 0 Å². The average Bonchev–Trinajstić information content (AvgIpc) is 1.56. The minimum atomic E-state index is -1.98. The smallest absolute Gasteiger partial charge is 0.373 e. The number of carbonyl (C=O) groups is 1. The summed E-state index contributed by atoms with van der Waals surface area (Å²) in [5, 5.41) is 75.8. The number of rotatable bonds is 1. The highest BCUT2D eigenvalue weighted by atomic mass is 79.9. The number of carboxylic acids is 1. The third kappa shape index (κ3) is 15.8. The Hall–Kier alpha value is -8.17. The van der Waals surface area contributed by atoms with E-state index in [4.69, 9.17) is 118 Å².